The molecule has 1 aliphatic heterocycles. The van der Waals surface area contributed by atoms with Crippen molar-refractivity contribution in [2.75, 3.05) is 26.2 Å². The van der Waals surface area contributed by atoms with Crippen LogP contribution >= 0.6 is 0 Å². The van der Waals surface area contributed by atoms with Gasteiger partial charge in [0.2, 0.25) is 0 Å². The van der Waals surface area contributed by atoms with Crippen molar-refractivity contribution in [1.82, 2.24) is 14.7 Å². The van der Waals surface area contributed by atoms with Gasteiger partial charge < -0.3 is 10.8 Å². The van der Waals surface area contributed by atoms with E-state index in [4.69, 9.17) is 10.8 Å². The SMILES string of the molecule is Cn1cc(C(CN)N2CCC(CO)CC2)cn1. The van der Waals surface area contributed by atoms with Crippen LogP contribution < -0.4 is 5.73 Å². The molecule has 0 bridgehead atoms. The van der Waals surface area contributed by atoms with Crippen LogP contribution in [0, 0.1) is 5.92 Å². The average Bonchev–Trinajstić information content (AvgIpc) is 2.78. The Balaban J connectivity index is 2.00. The molecule has 0 saturated carbocycles. The lowest BCUT2D eigenvalue weighted by Crippen LogP contribution is -2.40. The molecule has 1 aromatic heterocycles. The summed E-state index contributed by atoms with van der Waals surface area (Å²) in [7, 11) is 1.93. The van der Waals surface area contributed by atoms with Crippen LogP contribution in [0.15, 0.2) is 12.4 Å². The van der Waals surface area contributed by atoms with Crippen molar-refractivity contribution in [3.05, 3.63) is 18.0 Å². The molecule has 1 aromatic rings. The fourth-order valence-electron chi connectivity index (χ4n) is 2.56. The molecule has 0 spiro atoms. The van der Waals surface area contributed by atoms with Gasteiger partial charge in [0, 0.05) is 32.0 Å². The van der Waals surface area contributed by atoms with Gasteiger partial charge in [-0.2, -0.15) is 5.10 Å². The highest BCUT2D eigenvalue weighted by atomic mass is 16.3. The Morgan fingerprint density at radius 3 is 2.71 bits per heavy atom. The smallest absolute Gasteiger partial charge is 0.0538 e. The highest BCUT2D eigenvalue weighted by molar-refractivity contribution is 5.11. The van der Waals surface area contributed by atoms with Crippen LogP contribution in [0.25, 0.3) is 0 Å². The quantitative estimate of drug-likeness (QED) is 0.782. The Morgan fingerprint density at radius 1 is 1.53 bits per heavy atom. The maximum absolute atomic E-state index is 9.14. The zero-order valence-electron chi connectivity index (χ0n) is 10.4. The summed E-state index contributed by atoms with van der Waals surface area (Å²) in [4.78, 5) is 2.41. The zero-order valence-corrected chi connectivity index (χ0v) is 10.4. The van der Waals surface area contributed by atoms with E-state index in [2.05, 4.69) is 10.00 Å². The van der Waals surface area contributed by atoms with Crippen molar-refractivity contribution >= 4 is 0 Å². The van der Waals surface area contributed by atoms with E-state index in [1.165, 1.54) is 5.56 Å². The van der Waals surface area contributed by atoms with Crippen LogP contribution in [0.1, 0.15) is 24.4 Å². The summed E-state index contributed by atoms with van der Waals surface area (Å²) in [6.07, 6.45) is 6.06. The fraction of sp³-hybridized carbons (Fsp3) is 0.750. The van der Waals surface area contributed by atoms with E-state index in [1.54, 1.807) is 0 Å². The first-order valence-electron chi connectivity index (χ1n) is 6.28. The van der Waals surface area contributed by atoms with Crippen molar-refractivity contribution in [3.63, 3.8) is 0 Å². The molecule has 0 aliphatic carbocycles. The molecule has 17 heavy (non-hydrogen) atoms. The van der Waals surface area contributed by atoms with E-state index >= 15 is 0 Å². The summed E-state index contributed by atoms with van der Waals surface area (Å²) in [5.74, 6) is 0.471. The molecule has 1 atom stereocenters. The third-order valence-corrected chi connectivity index (χ3v) is 3.68. The van der Waals surface area contributed by atoms with Crippen molar-refractivity contribution in [2.45, 2.75) is 18.9 Å². The molecule has 1 aliphatic rings. The second-order valence-electron chi connectivity index (χ2n) is 4.86. The predicted molar refractivity (Wildman–Crippen MR) is 66.4 cm³/mol. The third-order valence-electron chi connectivity index (χ3n) is 3.68. The van der Waals surface area contributed by atoms with Gasteiger partial charge in [0.1, 0.15) is 0 Å². The van der Waals surface area contributed by atoms with E-state index < -0.39 is 0 Å². The van der Waals surface area contributed by atoms with Gasteiger partial charge in [-0.05, 0) is 31.8 Å². The maximum atomic E-state index is 9.14. The number of hydrogen-bond donors (Lipinski definition) is 2. The Bertz CT molecular complexity index is 344. The Hall–Kier alpha value is -0.910. The average molecular weight is 238 g/mol. The minimum absolute atomic E-state index is 0.267. The van der Waals surface area contributed by atoms with E-state index in [0.29, 0.717) is 19.1 Å². The van der Waals surface area contributed by atoms with Gasteiger partial charge in [0.05, 0.1) is 12.2 Å². The number of aliphatic hydroxyl groups excluding tert-OH is 1. The summed E-state index contributed by atoms with van der Waals surface area (Å²) in [5.41, 5.74) is 7.08. The standard InChI is InChI=1S/C12H22N4O/c1-15-8-11(7-14-15)12(6-13)16-4-2-10(9-17)3-5-16/h7-8,10,12,17H,2-6,9,13H2,1H3. The highest BCUT2D eigenvalue weighted by Crippen LogP contribution is 2.25. The van der Waals surface area contributed by atoms with Crippen LogP contribution in [0.3, 0.4) is 0 Å². The molecule has 1 saturated heterocycles. The summed E-state index contributed by atoms with van der Waals surface area (Å²) in [5, 5.41) is 13.3. The maximum Gasteiger partial charge on any atom is 0.0538 e. The van der Waals surface area contributed by atoms with Crippen molar-refractivity contribution in [2.24, 2.45) is 18.7 Å². The first kappa shape index (κ1) is 12.5. The van der Waals surface area contributed by atoms with Gasteiger partial charge in [-0.3, -0.25) is 9.58 Å². The normalized spacial score (nSPS) is 20.6. The number of piperidine rings is 1. The number of likely N-dealkylation sites (tertiary alicyclic amines) is 1. The Kier molecular flexibility index (Phi) is 4.15. The van der Waals surface area contributed by atoms with Crippen LogP contribution in [-0.2, 0) is 7.05 Å². The molecule has 1 fully saturated rings. The number of nitrogens with two attached hydrogens (primary N) is 1. The van der Waals surface area contributed by atoms with Crippen molar-refractivity contribution in [1.29, 1.82) is 0 Å². The van der Waals surface area contributed by atoms with E-state index in [0.717, 1.165) is 25.9 Å². The van der Waals surface area contributed by atoms with Crippen LogP contribution in [0.2, 0.25) is 0 Å². The summed E-state index contributed by atoms with van der Waals surface area (Å²) in [6, 6.07) is 0.267. The first-order valence-corrected chi connectivity index (χ1v) is 6.28. The van der Waals surface area contributed by atoms with Crippen LogP contribution in [-0.4, -0.2) is 46.0 Å². The predicted octanol–water partition coefficient (Wildman–Crippen LogP) is 0.124. The molecular formula is C12H22N4O. The van der Waals surface area contributed by atoms with Crippen molar-refractivity contribution in [3.8, 4) is 0 Å². The number of aromatic nitrogens is 2. The van der Waals surface area contributed by atoms with Gasteiger partial charge >= 0.3 is 0 Å². The van der Waals surface area contributed by atoms with Gasteiger partial charge in [-0.15, -0.1) is 0 Å². The Labute approximate surface area is 102 Å². The van der Waals surface area contributed by atoms with Gasteiger partial charge in [0.25, 0.3) is 0 Å². The monoisotopic (exact) mass is 238 g/mol. The lowest BCUT2D eigenvalue weighted by molar-refractivity contribution is 0.102. The van der Waals surface area contributed by atoms with Gasteiger partial charge in [0.15, 0.2) is 0 Å². The molecule has 3 N–H and O–H groups in total. The van der Waals surface area contributed by atoms with Crippen LogP contribution in [0.5, 0.6) is 0 Å². The third kappa shape index (κ3) is 2.86. The summed E-state index contributed by atoms with van der Waals surface area (Å²) in [6.45, 7) is 2.97. The second-order valence-corrected chi connectivity index (χ2v) is 4.86. The number of nitrogens with zero attached hydrogens (tertiary/aromatic N) is 3. The van der Waals surface area contributed by atoms with Crippen molar-refractivity contribution < 1.29 is 5.11 Å². The number of aliphatic hydroxyl groups is 1. The lowest BCUT2D eigenvalue weighted by atomic mass is 9.95. The molecule has 0 amide bonds. The van der Waals surface area contributed by atoms with E-state index in [1.807, 2.05) is 24.1 Å². The zero-order chi connectivity index (χ0) is 12.3. The van der Waals surface area contributed by atoms with Gasteiger partial charge in [-0.1, -0.05) is 0 Å². The summed E-state index contributed by atoms with van der Waals surface area (Å²) >= 11 is 0. The minimum atomic E-state index is 0.267. The molecule has 5 nitrogen and oxygen atoms in total. The second kappa shape index (κ2) is 5.62. The molecule has 5 heteroatoms. The first-order chi connectivity index (χ1) is 8.24. The number of aryl methyl sites for hydroxylation is 1. The molecule has 2 heterocycles. The molecule has 96 valence electrons. The largest absolute Gasteiger partial charge is 0.396 e. The van der Waals surface area contributed by atoms with Gasteiger partial charge in [-0.25, -0.2) is 0 Å². The molecular weight excluding hydrogens is 216 g/mol. The van der Waals surface area contributed by atoms with Crippen LogP contribution in [0.4, 0.5) is 0 Å². The highest BCUT2D eigenvalue weighted by Gasteiger charge is 2.25. The minimum Gasteiger partial charge on any atom is -0.396 e. The number of hydrogen-bond acceptors (Lipinski definition) is 4. The Morgan fingerprint density at radius 2 is 2.24 bits per heavy atom. The molecule has 2 rings (SSSR count). The molecule has 0 radical (unpaired) electrons. The van der Waals surface area contributed by atoms with E-state index in [-0.39, 0.29) is 6.04 Å². The molecule has 0 aromatic carbocycles. The topological polar surface area (TPSA) is 67.3 Å². The lowest BCUT2D eigenvalue weighted by Gasteiger charge is -2.36. The van der Waals surface area contributed by atoms with E-state index in [9.17, 15) is 0 Å². The molecule has 1 unspecified atom stereocenters. The number of rotatable bonds is 4. The fourth-order valence-corrected chi connectivity index (χ4v) is 2.56. The summed E-state index contributed by atoms with van der Waals surface area (Å²) < 4.78 is 1.82.